The molecule has 3 unspecified atom stereocenters. The van der Waals surface area contributed by atoms with Gasteiger partial charge in [0, 0.05) is 32.3 Å². The highest BCUT2D eigenvalue weighted by atomic mass is 127. The predicted octanol–water partition coefficient (Wildman–Crippen LogP) is 0.143. The minimum absolute atomic E-state index is 0.0249. The molecule has 2 aliphatic rings. The summed E-state index contributed by atoms with van der Waals surface area (Å²) in [5, 5.41) is 27.5. The van der Waals surface area contributed by atoms with Crippen molar-refractivity contribution in [3.05, 3.63) is 11.9 Å². The first kappa shape index (κ1) is 18.2. The number of halogens is 2. The number of alkyl halides is 2. The number of aromatic nitrogens is 3. The van der Waals surface area contributed by atoms with Gasteiger partial charge in [0.1, 0.15) is 14.3 Å². The van der Waals surface area contributed by atoms with E-state index < -0.39 is 6.10 Å². The topological polar surface area (TPSA) is 92.9 Å². The smallest absolute Gasteiger partial charge is 0.122 e. The van der Waals surface area contributed by atoms with E-state index in [1.54, 1.807) is 4.68 Å². The zero-order valence-electron chi connectivity index (χ0n) is 12.5. The molecule has 2 aliphatic heterocycles. The van der Waals surface area contributed by atoms with Gasteiger partial charge in [0.25, 0.3) is 0 Å². The summed E-state index contributed by atoms with van der Waals surface area (Å²) in [6, 6.07) is 0. The second-order valence-electron chi connectivity index (χ2n) is 5.86. The van der Waals surface area contributed by atoms with Crippen molar-refractivity contribution in [3.63, 3.8) is 0 Å². The average Bonchev–Trinajstić information content (AvgIpc) is 3.05. The van der Waals surface area contributed by atoms with Crippen LogP contribution in [0.3, 0.4) is 0 Å². The van der Waals surface area contributed by atoms with Crippen LogP contribution in [0.25, 0.3) is 0 Å². The van der Waals surface area contributed by atoms with Crippen LogP contribution in [0.2, 0.25) is 0 Å². The molecule has 0 bridgehead atoms. The fourth-order valence-electron chi connectivity index (χ4n) is 2.85. The van der Waals surface area contributed by atoms with Crippen LogP contribution in [0, 0.1) is 0 Å². The van der Waals surface area contributed by atoms with Gasteiger partial charge >= 0.3 is 0 Å². The fraction of sp³-hybridized carbons (Fsp3) is 0.846. The Bertz CT molecular complexity index is 520. The maximum absolute atomic E-state index is 9.94. The molecular weight excluding hydrogens is 530 g/mol. The Balaban J connectivity index is 1.55. The molecule has 0 aromatic carbocycles. The second-order valence-corrected chi connectivity index (χ2v) is 8.64. The van der Waals surface area contributed by atoms with Crippen molar-refractivity contribution in [2.75, 3.05) is 19.7 Å². The number of aliphatic hydroxyl groups excluding tert-OH is 2. The van der Waals surface area contributed by atoms with E-state index in [0.717, 1.165) is 12.2 Å². The largest absolute Gasteiger partial charge is 0.394 e. The second kappa shape index (κ2) is 8.19. The van der Waals surface area contributed by atoms with E-state index in [2.05, 4.69) is 60.4 Å². The molecule has 1 aromatic heterocycles. The quantitative estimate of drug-likeness (QED) is 0.399. The number of ether oxygens (including phenoxy) is 2. The minimum atomic E-state index is -0.450. The molecular formula is C13H20I2N4O4. The SMILES string of the molecule is OCC1CN(Cc2cn(CC3O[C@@H](I)C[C@H]3O)nn2)CC(I)O1. The lowest BCUT2D eigenvalue weighted by Crippen LogP contribution is -2.46. The molecule has 8 nitrogen and oxygen atoms in total. The number of aliphatic hydroxyl groups is 2. The summed E-state index contributed by atoms with van der Waals surface area (Å²) in [6.07, 6.45) is 1.71. The highest BCUT2D eigenvalue weighted by Crippen LogP contribution is 2.26. The molecule has 3 rings (SSSR count). The van der Waals surface area contributed by atoms with Gasteiger partial charge in [-0.25, -0.2) is 4.68 Å². The summed E-state index contributed by atoms with van der Waals surface area (Å²) in [4.78, 5) is 2.21. The van der Waals surface area contributed by atoms with E-state index in [-0.39, 0.29) is 27.0 Å². The number of morpholine rings is 1. The molecule has 3 heterocycles. The Morgan fingerprint density at radius 1 is 1.26 bits per heavy atom. The first-order chi connectivity index (χ1) is 11.0. The summed E-state index contributed by atoms with van der Waals surface area (Å²) in [5.41, 5.74) is 0.866. The molecule has 0 amide bonds. The number of nitrogens with zero attached hydrogens (tertiary/aromatic N) is 4. The third-order valence-electron chi connectivity index (χ3n) is 3.92. The van der Waals surface area contributed by atoms with Gasteiger partial charge in [-0.05, 0) is 22.6 Å². The minimum Gasteiger partial charge on any atom is -0.394 e. The van der Waals surface area contributed by atoms with Gasteiger partial charge in [0.15, 0.2) is 0 Å². The molecule has 2 N–H and O–H groups in total. The maximum atomic E-state index is 9.94. The average molecular weight is 550 g/mol. The Morgan fingerprint density at radius 3 is 2.78 bits per heavy atom. The molecule has 23 heavy (non-hydrogen) atoms. The van der Waals surface area contributed by atoms with Crippen molar-refractivity contribution in [2.24, 2.45) is 0 Å². The van der Waals surface area contributed by atoms with Crippen molar-refractivity contribution >= 4 is 45.2 Å². The van der Waals surface area contributed by atoms with Crippen molar-refractivity contribution < 1.29 is 19.7 Å². The van der Waals surface area contributed by atoms with Gasteiger partial charge in [0.2, 0.25) is 0 Å². The van der Waals surface area contributed by atoms with Gasteiger partial charge < -0.3 is 19.7 Å². The maximum Gasteiger partial charge on any atom is 0.122 e. The van der Waals surface area contributed by atoms with Crippen LogP contribution in [0.1, 0.15) is 12.1 Å². The fourth-order valence-corrected chi connectivity index (χ4v) is 4.72. The standard InChI is InChI=1S/C13H20I2N4O4/c14-12-1-10(21)11(23-12)5-19-3-8(16-17-19)2-18-4-9(7-20)22-13(15)6-18/h3,9-13,20-21H,1-2,4-7H2/t9?,10-,11?,12-,13?/m1/s1. The Morgan fingerprint density at radius 2 is 2.09 bits per heavy atom. The van der Waals surface area contributed by atoms with Crippen LogP contribution < -0.4 is 0 Å². The molecule has 0 aliphatic carbocycles. The number of hydrogen-bond donors (Lipinski definition) is 2. The molecule has 2 fully saturated rings. The van der Waals surface area contributed by atoms with Gasteiger partial charge in [-0.1, -0.05) is 27.8 Å². The monoisotopic (exact) mass is 550 g/mol. The molecule has 10 heteroatoms. The summed E-state index contributed by atoms with van der Waals surface area (Å²) in [5.74, 6) is 0. The zero-order valence-corrected chi connectivity index (χ0v) is 16.8. The van der Waals surface area contributed by atoms with Crippen LogP contribution in [-0.4, -0.2) is 76.3 Å². The number of rotatable bonds is 5. The Kier molecular flexibility index (Phi) is 6.48. The van der Waals surface area contributed by atoms with Gasteiger partial charge in [0.05, 0.1) is 31.1 Å². The van der Waals surface area contributed by atoms with Crippen molar-refractivity contribution in [1.29, 1.82) is 0 Å². The van der Waals surface area contributed by atoms with Crippen LogP contribution in [0.4, 0.5) is 0 Å². The van der Waals surface area contributed by atoms with E-state index in [1.165, 1.54) is 0 Å². The zero-order chi connectivity index (χ0) is 16.4. The molecule has 0 spiro atoms. The van der Waals surface area contributed by atoms with Gasteiger partial charge in [-0.15, -0.1) is 5.10 Å². The summed E-state index contributed by atoms with van der Waals surface area (Å²) < 4.78 is 13.1. The summed E-state index contributed by atoms with van der Waals surface area (Å²) in [6.45, 7) is 2.68. The van der Waals surface area contributed by atoms with Crippen LogP contribution in [0.5, 0.6) is 0 Å². The molecule has 2 saturated heterocycles. The van der Waals surface area contributed by atoms with Crippen molar-refractivity contribution in [3.8, 4) is 0 Å². The highest BCUT2D eigenvalue weighted by molar-refractivity contribution is 14.1. The Labute approximate surface area is 161 Å². The molecule has 5 atom stereocenters. The van der Waals surface area contributed by atoms with Gasteiger partial charge in [-0.3, -0.25) is 4.90 Å². The lowest BCUT2D eigenvalue weighted by Gasteiger charge is -2.34. The van der Waals surface area contributed by atoms with Crippen LogP contribution in [0.15, 0.2) is 6.20 Å². The Hall–Kier alpha value is 0.400. The molecule has 130 valence electrons. The normalized spacial score (nSPS) is 35.7. The van der Waals surface area contributed by atoms with Crippen LogP contribution >= 0.6 is 45.2 Å². The lowest BCUT2D eigenvalue weighted by molar-refractivity contribution is -0.0638. The number of hydrogen-bond acceptors (Lipinski definition) is 7. The molecule has 0 saturated carbocycles. The van der Waals surface area contributed by atoms with E-state index in [9.17, 15) is 10.2 Å². The third kappa shape index (κ3) is 4.95. The van der Waals surface area contributed by atoms with E-state index >= 15 is 0 Å². The third-order valence-corrected chi connectivity index (χ3v) is 5.41. The van der Waals surface area contributed by atoms with Gasteiger partial charge in [-0.2, -0.15) is 0 Å². The first-order valence-corrected chi connectivity index (χ1v) is 10.0. The first-order valence-electron chi connectivity index (χ1n) is 7.53. The molecule has 1 aromatic rings. The van der Waals surface area contributed by atoms with E-state index in [0.29, 0.717) is 26.1 Å². The lowest BCUT2D eigenvalue weighted by atomic mass is 10.2. The van der Waals surface area contributed by atoms with E-state index in [4.69, 9.17) is 9.47 Å². The highest BCUT2D eigenvalue weighted by Gasteiger charge is 2.33. The van der Waals surface area contributed by atoms with E-state index in [1.807, 2.05) is 6.20 Å². The summed E-state index contributed by atoms with van der Waals surface area (Å²) in [7, 11) is 0. The van der Waals surface area contributed by atoms with Crippen LogP contribution in [-0.2, 0) is 22.6 Å². The van der Waals surface area contributed by atoms with Crippen molar-refractivity contribution in [1.82, 2.24) is 19.9 Å². The van der Waals surface area contributed by atoms with Crippen molar-refractivity contribution in [2.45, 2.75) is 46.0 Å². The predicted molar refractivity (Wildman–Crippen MR) is 98.4 cm³/mol. The molecule has 0 radical (unpaired) electrons. The summed E-state index contributed by atoms with van der Waals surface area (Å²) >= 11 is 4.42.